The predicted octanol–water partition coefficient (Wildman–Crippen LogP) is 2.92. The second kappa shape index (κ2) is 11.2. The number of nitrogens with zero attached hydrogens (tertiary/aromatic N) is 4. The molecule has 4 atom stereocenters. The minimum absolute atomic E-state index is 0.0256. The summed E-state index contributed by atoms with van der Waals surface area (Å²) in [7, 11) is 2.86. The van der Waals surface area contributed by atoms with Gasteiger partial charge in [-0.05, 0) is 43.7 Å². The Kier molecular flexibility index (Phi) is 8.63. The third-order valence-corrected chi connectivity index (χ3v) is 7.70. The Morgan fingerprint density at radius 1 is 1.21 bits per heavy atom. The van der Waals surface area contributed by atoms with E-state index in [0.29, 0.717) is 10.6 Å². The van der Waals surface area contributed by atoms with Crippen molar-refractivity contribution in [1.29, 1.82) is 5.26 Å². The highest BCUT2D eigenvalue weighted by atomic mass is 19.4. The Morgan fingerprint density at radius 3 is 2.44 bits per heavy atom. The summed E-state index contributed by atoms with van der Waals surface area (Å²) in [6.45, 7) is 4.85. The number of fused-ring (bicyclic) bond motifs is 1. The fraction of sp³-hybridized carbons (Fsp3) is 0.593. The molecule has 2 aliphatic heterocycles. The Hall–Kier alpha value is -3.62. The maximum Gasteiger partial charge on any atom is 0.471 e. The van der Waals surface area contributed by atoms with Crippen molar-refractivity contribution < 1.29 is 32.3 Å². The van der Waals surface area contributed by atoms with Gasteiger partial charge in [0.1, 0.15) is 12.1 Å². The van der Waals surface area contributed by atoms with E-state index in [1.807, 2.05) is 13.8 Å². The smallest absolute Gasteiger partial charge is 0.334 e. The van der Waals surface area contributed by atoms with Crippen LogP contribution in [0.25, 0.3) is 0 Å². The van der Waals surface area contributed by atoms with Gasteiger partial charge < -0.3 is 20.0 Å². The van der Waals surface area contributed by atoms with Crippen molar-refractivity contribution in [3.05, 3.63) is 29.8 Å². The lowest BCUT2D eigenvalue weighted by molar-refractivity contribution is -0.184. The van der Waals surface area contributed by atoms with Gasteiger partial charge in [-0.1, -0.05) is 32.0 Å². The number of halogens is 3. The summed E-state index contributed by atoms with van der Waals surface area (Å²) in [5, 5.41) is 12.8. The first kappa shape index (κ1) is 29.9. The van der Waals surface area contributed by atoms with Crippen molar-refractivity contribution in [1.82, 2.24) is 14.7 Å². The quantitative estimate of drug-likeness (QED) is 0.536. The van der Waals surface area contributed by atoms with Crippen molar-refractivity contribution >= 4 is 29.3 Å². The van der Waals surface area contributed by atoms with Crippen LogP contribution in [0.15, 0.2) is 24.3 Å². The van der Waals surface area contributed by atoms with E-state index in [9.17, 15) is 37.6 Å². The minimum Gasteiger partial charge on any atom is -0.334 e. The lowest BCUT2D eigenvalue weighted by atomic mass is 9.78. The Bertz CT molecular complexity index is 1180. The van der Waals surface area contributed by atoms with Crippen LogP contribution in [0.1, 0.15) is 45.6 Å². The summed E-state index contributed by atoms with van der Waals surface area (Å²) in [6, 6.07) is 7.28. The van der Waals surface area contributed by atoms with E-state index in [-0.39, 0.29) is 44.2 Å². The summed E-state index contributed by atoms with van der Waals surface area (Å²) in [6.07, 6.45) is -4.70. The van der Waals surface area contributed by atoms with Gasteiger partial charge in [0.15, 0.2) is 0 Å². The molecule has 0 radical (unpaired) electrons. The monoisotopic (exact) mass is 549 g/mol. The molecule has 0 spiro atoms. The molecule has 0 bridgehead atoms. The average molecular weight is 550 g/mol. The van der Waals surface area contributed by atoms with E-state index in [4.69, 9.17) is 0 Å². The highest BCUT2D eigenvalue weighted by molar-refractivity contribution is 6.06. The van der Waals surface area contributed by atoms with Crippen LogP contribution in [0.2, 0.25) is 0 Å². The maximum atomic E-state index is 13.7. The normalized spacial score (nSPS) is 22.1. The van der Waals surface area contributed by atoms with Crippen LogP contribution in [0.5, 0.6) is 0 Å². The van der Waals surface area contributed by atoms with Crippen molar-refractivity contribution in [3.8, 4) is 6.07 Å². The molecule has 0 aromatic heterocycles. The topological polar surface area (TPSA) is 114 Å². The molecule has 1 fully saturated rings. The zero-order valence-electron chi connectivity index (χ0n) is 22.7. The first-order valence-corrected chi connectivity index (χ1v) is 12.8. The number of carbonyl (C=O) groups is 4. The molecule has 212 valence electrons. The summed E-state index contributed by atoms with van der Waals surface area (Å²) < 4.78 is 38.6. The average Bonchev–Trinajstić information content (AvgIpc) is 3.46. The van der Waals surface area contributed by atoms with Gasteiger partial charge in [-0.3, -0.25) is 19.2 Å². The number of hydrogen-bond donors (Lipinski definition) is 1. The number of nitriles is 1. The number of likely N-dealkylation sites (tertiary alicyclic amines) is 1. The molecule has 1 saturated heterocycles. The molecule has 3 rings (SSSR count). The van der Waals surface area contributed by atoms with Gasteiger partial charge >= 0.3 is 12.1 Å². The van der Waals surface area contributed by atoms with Crippen LogP contribution < -0.4 is 5.32 Å². The van der Waals surface area contributed by atoms with Gasteiger partial charge in [0.2, 0.25) is 17.7 Å². The van der Waals surface area contributed by atoms with Gasteiger partial charge in [-0.2, -0.15) is 18.4 Å². The SMILES string of the molecule is CC(C)C[C@@H](C(=O)N(C)[C@H](C#N)C[C@@]1(C)C(=O)Nc2ccccc21)N(C)C(=O)[C@H]1CCN(C(=O)C(F)(F)F)C1. The molecule has 9 nitrogen and oxygen atoms in total. The molecule has 1 N–H and O–H groups in total. The van der Waals surface area contributed by atoms with E-state index in [1.54, 1.807) is 31.2 Å². The molecule has 1 aromatic carbocycles. The van der Waals surface area contributed by atoms with E-state index < -0.39 is 47.3 Å². The van der Waals surface area contributed by atoms with Crippen molar-refractivity contribution in [2.24, 2.45) is 11.8 Å². The number of rotatable bonds is 8. The summed E-state index contributed by atoms with van der Waals surface area (Å²) >= 11 is 0. The Labute approximate surface area is 225 Å². The van der Waals surface area contributed by atoms with E-state index in [0.717, 1.165) is 5.56 Å². The second-order valence-corrected chi connectivity index (χ2v) is 11.0. The molecule has 1 aromatic rings. The highest BCUT2D eigenvalue weighted by Gasteiger charge is 2.48. The number of likely N-dealkylation sites (N-methyl/N-ethyl adjacent to an activating group) is 2. The molecule has 12 heteroatoms. The number of carbonyl (C=O) groups excluding carboxylic acids is 4. The number of benzene rings is 1. The van der Waals surface area contributed by atoms with Crippen molar-refractivity contribution in [2.45, 2.75) is 63.7 Å². The van der Waals surface area contributed by atoms with Crippen LogP contribution in [0.4, 0.5) is 18.9 Å². The second-order valence-electron chi connectivity index (χ2n) is 11.0. The van der Waals surface area contributed by atoms with Gasteiger partial charge in [-0.15, -0.1) is 0 Å². The third-order valence-electron chi connectivity index (χ3n) is 7.70. The summed E-state index contributed by atoms with van der Waals surface area (Å²) in [4.78, 5) is 54.6. The minimum atomic E-state index is -5.03. The van der Waals surface area contributed by atoms with Crippen molar-refractivity contribution in [3.63, 3.8) is 0 Å². The molecule has 0 unspecified atom stereocenters. The first-order valence-electron chi connectivity index (χ1n) is 12.8. The molecule has 2 aliphatic rings. The zero-order valence-corrected chi connectivity index (χ0v) is 22.7. The molecule has 4 amide bonds. The third kappa shape index (κ3) is 6.02. The lowest BCUT2D eigenvalue weighted by Gasteiger charge is -2.36. The largest absolute Gasteiger partial charge is 0.471 e. The highest BCUT2D eigenvalue weighted by Crippen LogP contribution is 2.41. The molecule has 39 heavy (non-hydrogen) atoms. The molecular formula is C27H34F3N5O4. The van der Waals surface area contributed by atoms with Crippen LogP contribution in [-0.4, -0.2) is 83.8 Å². The number of alkyl halides is 3. The number of anilines is 1. The Morgan fingerprint density at radius 2 is 1.85 bits per heavy atom. The van der Waals surface area contributed by atoms with Gasteiger partial charge in [0.25, 0.3) is 0 Å². The van der Waals surface area contributed by atoms with Gasteiger partial charge in [0, 0.05) is 32.9 Å². The maximum absolute atomic E-state index is 13.7. The molecule has 2 heterocycles. The van der Waals surface area contributed by atoms with Crippen LogP contribution >= 0.6 is 0 Å². The Balaban J connectivity index is 1.78. The molecule has 0 saturated carbocycles. The van der Waals surface area contributed by atoms with Crippen LogP contribution in [0, 0.1) is 23.2 Å². The van der Waals surface area contributed by atoms with Crippen LogP contribution in [-0.2, 0) is 24.6 Å². The van der Waals surface area contributed by atoms with Crippen molar-refractivity contribution in [2.75, 3.05) is 32.5 Å². The van der Waals surface area contributed by atoms with Crippen LogP contribution in [0.3, 0.4) is 0 Å². The number of hydrogen-bond acceptors (Lipinski definition) is 5. The number of amides is 4. The number of para-hydroxylation sites is 1. The molecule has 0 aliphatic carbocycles. The van der Waals surface area contributed by atoms with E-state index in [1.165, 1.54) is 23.9 Å². The van der Waals surface area contributed by atoms with Gasteiger partial charge in [-0.25, -0.2) is 0 Å². The predicted molar refractivity (Wildman–Crippen MR) is 136 cm³/mol. The van der Waals surface area contributed by atoms with E-state index in [2.05, 4.69) is 11.4 Å². The zero-order chi connectivity index (χ0) is 29.3. The fourth-order valence-electron chi connectivity index (χ4n) is 5.34. The molecular weight excluding hydrogens is 515 g/mol. The number of nitrogens with one attached hydrogen (secondary N) is 1. The first-order chi connectivity index (χ1) is 18.1. The summed E-state index contributed by atoms with van der Waals surface area (Å²) in [5.74, 6) is -4.22. The van der Waals surface area contributed by atoms with Gasteiger partial charge in [0.05, 0.1) is 17.4 Å². The fourth-order valence-corrected chi connectivity index (χ4v) is 5.34. The standard InChI is InChI=1S/C27H34F3N5O4/c1-16(2)12-21(34(5)22(36)17-10-11-35(15-17)25(39)27(28,29)30)23(37)33(4)18(14-31)13-26(3)19-8-6-7-9-20(19)32-24(26)38/h6-9,16-18,21H,10-13,15H2,1-5H3,(H,32,38)/t17-,18-,21-,26+/m0/s1. The summed E-state index contributed by atoms with van der Waals surface area (Å²) in [5.41, 5.74) is 0.314. The lowest BCUT2D eigenvalue weighted by Crippen LogP contribution is -2.53. The van der Waals surface area contributed by atoms with E-state index >= 15 is 0 Å².